The molecule has 108 valence electrons. The first-order chi connectivity index (χ1) is 9.52. The Morgan fingerprint density at radius 2 is 1.95 bits per heavy atom. The van der Waals surface area contributed by atoms with Crippen molar-refractivity contribution in [1.82, 2.24) is 4.90 Å². The van der Waals surface area contributed by atoms with Crippen LogP contribution in [0.15, 0.2) is 29.4 Å². The van der Waals surface area contributed by atoms with Crippen LogP contribution in [-0.4, -0.2) is 46.1 Å². The van der Waals surface area contributed by atoms with Crippen LogP contribution in [0.2, 0.25) is 0 Å². The lowest BCUT2D eigenvalue weighted by Gasteiger charge is -2.34. The Morgan fingerprint density at radius 3 is 2.50 bits per heavy atom. The zero-order valence-corrected chi connectivity index (χ0v) is 11.4. The molecule has 0 radical (unpaired) electrons. The van der Waals surface area contributed by atoms with Gasteiger partial charge in [0.1, 0.15) is 0 Å². The van der Waals surface area contributed by atoms with Gasteiger partial charge in [-0.3, -0.25) is 4.79 Å². The van der Waals surface area contributed by atoms with E-state index in [-0.39, 0.29) is 23.8 Å². The van der Waals surface area contributed by atoms with Crippen molar-refractivity contribution in [3.05, 3.63) is 35.4 Å². The summed E-state index contributed by atoms with van der Waals surface area (Å²) in [5.74, 6) is 0.0395. The Morgan fingerprint density at radius 1 is 1.35 bits per heavy atom. The molecule has 6 nitrogen and oxygen atoms in total. The number of hydrogen-bond donors (Lipinski definition) is 3. The lowest BCUT2D eigenvalue weighted by Crippen LogP contribution is -2.44. The smallest absolute Gasteiger partial charge is 0.253 e. The van der Waals surface area contributed by atoms with Crippen molar-refractivity contribution < 1.29 is 15.1 Å². The van der Waals surface area contributed by atoms with Crippen LogP contribution in [-0.2, 0) is 0 Å². The first-order valence-corrected chi connectivity index (χ1v) is 6.58. The highest BCUT2D eigenvalue weighted by Gasteiger charge is 2.27. The van der Waals surface area contributed by atoms with Crippen LogP contribution >= 0.6 is 0 Å². The SMILES string of the molecule is CC1CN(C(=O)c2ccc(/C(N)=N/O)cc2)CCC1O. The zero-order valence-electron chi connectivity index (χ0n) is 11.4. The lowest BCUT2D eigenvalue weighted by atomic mass is 9.96. The van der Waals surface area contributed by atoms with E-state index in [2.05, 4.69) is 5.16 Å². The van der Waals surface area contributed by atoms with Gasteiger partial charge in [0.15, 0.2) is 5.84 Å². The van der Waals surface area contributed by atoms with E-state index in [1.807, 2.05) is 6.92 Å². The highest BCUT2D eigenvalue weighted by molar-refractivity contribution is 5.99. The molecule has 2 atom stereocenters. The van der Waals surface area contributed by atoms with E-state index in [1.165, 1.54) is 0 Å². The number of aliphatic hydroxyl groups is 1. The molecule has 1 heterocycles. The number of rotatable bonds is 2. The second-order valence-electron chi connectivity index (χ2n) is 5.15. The molecule has 6 heteroatoms. The van der Waals surface area contributed by atoms with E-state index in [0.717, 1.165) is 0 Å². The fourth-order valence-corrected chi connectivity index (χ4v) is 2.34. The van der Waals surface area contributed by atoms with Crippen LogP contribution in [0.5, 0.6) is 0 Å². The lowest BCUT2D eigenvalue weighted by molar-refractivity contribution is 0.0297. The van der Waals surface area contributed by atoms with Crippen LogP contribution in [0.3, 0.4) is 0 Å². The molecule has 2 unspecified atom stereocenters. The van der Waals surface area contributed by atoms with Crippen molar-refractivity contribution in [3.63, 3.8) is 0 Å². The quantitative estimate of drug-likeness (QED) is 0.319. The summed E-state index contributed by atoms with van der Waals surface area (Å²) in [5.41, 5.74) is 6.59. The van der Waals surface area contributed by atoms with Crippen molar-refractivity contribution in [2.75, 3.05) is 13.1 Å². The molecule has 1 aromatic rings. The number of likely N-dealkylation sites (tertiary alicyclic amines) is 1. The number of benzene rings is 1. The minimum Gasteiger partial charge on any atom is -0.409 e. The van der Waals surface area contributed by atoms with Gasteiger partial charge in [-0.15, -0.1) is 0 Å². The Labute approximate surface area is 117 Å². The molecule has 0 aromatic heterocycles. The molecule has 1 amide bonds. The summed E-state index contributed by atoms with van der Waals surface area (Å²) in [6, 6.07) is 6.60. The molecule has 0 aliphatic carbocycles. The van der Waals surface area contributed by atoms with Crippen LogP contribution in [0.4, 0.5) is 0 Å². The number of piperidine rings is 1. The molecular formula is C14H19N3O3. The molecule has 0 bridgehead atoms. The van der Waals surface area contributed by atoms with Gasteiger partial charge in [-0.1, -0.05) is 24.2 Å². The summed E-state index contributed by atoms with van der Waals surface area (Å²) in [6.45, 7) is 3.06. The number of amidine groups is 1. The van der Waals surface area contributed by atoms with Gasteiger partial charge in [0.2, 0.25) is 0 Å². The molecule has 0 spiro atoms. The first kappa shape index (κ1) is 14.3. The van der Waals surface area contributed by atoms with E-state index in [0.29, 0.717) is 30.6 Å². The van der Waals surface area contributed by atoms with E-state index in [1.54, 1.807) is 29.2 Å². The number of aliphatic hydroxyl groups excluding tert-OH is 1. The second-order valence-corrected chi connectivity index (χ2v) is 5.15. The second kappa shape index (κ2) is 5.92. The van der Waals surface area contributed by atoms with E-state index >= 15 is 0 Å². The first-order valence-electron chi connectivity index (χ1n) is 6.58. The Kier molecular flexibility index (Phi) is 4.24. The zero-order chi connectivity index (χ0) is 14.7. The fraction of sp³-hybridized carbons (Fsp3) is 0.429. The molecular weight excluding hydrogens is 258 g/mol. The number of carbonyl (C=O) groups is 1. The van der Waals surface area contributed by atoms with Crippen LogP contribution < -0.4 is 5.73 Å². The fourth-order valence-electron chi connectivity index (χ4n) is 2.34. The normalized spacial score (nSPS) is 23.7. The van der Waals surface area contributed by atoms with Crippen molar-refractivity contribution >= 4 is 11.7 Å². The van der Waals surface area contributed by atoms with Crippen molar-refractivity contribution in [2.45, 2.75) is 19.4 Å². The summed E-state index contributed by atoms with van der Waals surface area (Å²) in [7, 11) is 0. The van der Waals surface area contributed by atoms with Gasteiger partial charge in [-0.25, -0.2) is 0 Å². The molecule has 1 fully saturated rings. The number of nitrogens with zero attached hydrogens (tertiary/aromatic N) is 2. The standard InChI is InChI=1S/C14H19N3O3/c1-9-8-17(7-6-12(9)18)14(19)11-4-2-10(3-5-11)13(15)16-20/h2-5,9,12,18,20H,6-8H2,1H3,(H2,15,16). The van der Waals surface area contributed by atoms with Crippen molar-refractivity contribution in [3.8, 4) is 0 Å². The summed E-state index contributed by atoms with van der Waals surface area (Å²) in [5, 5.41) is 21.2. The highest BCUT2D eigenvalue weighted by Crippen LogP contribution is 2.19. The van der Waals surface area contributed by atoms with Gasteiger partial charge in [0, 0.05) is 24.2 Å². The molecule has 1 aromatic carbocycles. The van der Waals surface area contributed by atoms with Gasteiger partial charge < -0.3 is 20.9 Å². The van der Waals surface area contributed by atoms with Gasteiger partial charge in [0.25, 0.3) is 5.91 Å². The predicted octanol–water partition coefficient (Wildman–Crippen LogP) is 0.624. The Hall–Kier alpha value is -2.08. The monoisotopic (exact) mass is 277 g/mol. The summed E-state index contributed by atoms with van der Waals surface area (Å²) in [6.07, 6.45) is 0.275. The Balaban J connectivity index is 2.10. The number of carbonyl (C=O) groups excluding carboxylic acids is 1. The minimum absolute atomic E-state index is 0.0127. The third kappa shape index (κ3) is 2.91. The largest absolute Gasteiger partial charge is 0.409 e. The number of nitrogens with two attached hydrogens (primary N) is 1. The maximum atomic E-state index is 12.3. The van der Waals surface area contributed by atoms with Crippen LogP contribution in [0.25, 0.3) is 0 Å². The maximum absolute atomic E-state index is 12.3. The predicted molar refractivity (Wildman–Crippen MR) is 74.6 cm³/mol. The topological polar surface area (TPSA) is 99.2 Å². The van der Waals surface area contributed by atoms with Gasteiger partial charge in [0.05, 0.1) is 6.10 Å². The molecule has 1 aliphatic heterocycles. The molecule has 2 rings (SSSR count). The minimum atomic E-state index is -0.331. The summed E-state index contributed by atoms with van der Waals surface area (Å²) in [4.78, 5) is 14.1. The van der Waals surface area contributed by atoms with Gasteiger partial charge in [-0.05, 0) is 24.5 Å². The van der Waals surface area contributed by atoms with Gasteiger partial charge >= 0.3 is 0 Å². The van der Waals surface area contributed by atoms with Gasteiger partial charge in [-0.2, -0.15) is 0 Å². The maximum Gasteiger partial charge on any atom is 0.253 e. The highest BCUT2D eigenvalue weighted by atomic mass is 16.4. The summed E-state index contributed by atoms with van der Waals surface area (Å²) >= 11 is 0. The molecule has 1 aliphatic rings. The molecule has 4 N–H and O–H groups in total. The number of amides is 1. The average Bonchev–Trinajstić information content (AvgIpc) is 2.48. The third-order valence-electron chi connectivity index (χ3n) is 3.68. The van der Waals surface area contributed by atoms with Crippen molar-refractivity contribution in [1.29, 1.82) is 0 Å². The molecule has 20 heavy (non-hydrogen) atoms. The van der Waals surface area contributed by atoms with E-state index in [9.17, 15) is 9.90 Å². The van der Waals surface area contributed by atoms with Crippen LogP contribution in [0.1, 0.15) is 29.3 Å². The average molecular weight is 277 g/mol. The number of hydrogen-bond acceptors (Lipinski definition) is 4. The molecule has 1 saturated heterocycles. The van der Waals surface area contributed by atoms with E-state index < -0.39 is 0 Å². The van der Waals surface area contributed by atoms with E-state index in [4.69, 9.17) is 10.9 Å². The Bertz CT molecular complexity index is 513. The molecule has 0 saturated carbocycles. The number of oxime groups is 1. The summed E-state index contributed by atoms with van der Waals surface area (Å²) < 4.78 is 0. The van der Waals surface area contributed by atoms with Crippen molar-refractivity contribution in [2.24, 2.45) is 16.8 Å². The van der Waals surface area contributed by atoms with Crippen LogP contribution in [0, 0.1) is 5.92 Å². The third-order valence-corrected chi connectivity index (χ3v) is 3.68.